The molecule has 0 bridgehead atoms. The molecule has 0 saturated heterocycles. The molecule has 3 aromatic carbocycles. The summed E-state index contributed by atoms with van der Waals surface area (Å²) < 4.78 is 32.7. The summed E-state index contributed by atoms with van der Waals surface area (Å²) in [5.41, 5.74) is 2.44. The van der Waals surface area contributed by atoms with Crippen molar-refractivity contribution >= 4 is 58.9 Å². The number of hydrogen-bond donors (Lipinski definition) is 1. The molecule has 9 heteroatoms. The Morgan fingerprint density at radius 1 is 0.909 bits per heavy atom. The first-order chi connectivity index (χ1) is 15.9. The quantitative estimate of drug-likeness (QED) is 0.279. The second kappa shape index (κ2) is 8.58. The van der Waals surface area contributed by atoms with Crippen LogP contribution in [0.3, 0.4) is 0 Å². The number of hydrogen-bond acceptors (Lipinski definition) is 6. The van der Waals surface area contributed by atoms with Gasteiger partial charge in [0.2, 0.25) is 14.9 Å². The molecule has 0 unspecified atom stereocenters. The highest BCUT2D eigenvalue weighted by Gasteiger charge is 2.23. The average molecular weight is 539 g/mol. The molecule has 164 valence electrons. The van der Waals surface area contributed by atoms with Crippen molar-refractivity contribution in [3.05, 3.63) is 95.2 Å². The molecule has 0 atom stereocenters. The molecule has 0 spiro atoms. The maximum absolute atomic E-state index is 12.7. The lowest BCUT2D eigenvalue weighted by atomic mass is 10.2. The summed E-state index contributed by atoms with van der Waals surface area (Å²) >= 11 is 4.87. The Labute approximate surface area is 202 Å². The predicted molar refractivity (Wildman–Crippen MR) is 131 cm³/mol. The first-order valence-electron chi connectivity index (χ1n) is 9.78. The summed E-state index contributed by atoms with van der Waals surface area (Å²) in [5.74, 6) is -0.638. The Bertz CT molecular complexity index is 1540. The summed E-state index contributed by atoms with van der Waals surface area (Å²) in [6.45, 7) is 0. The smallest absolute Gasteiger partial charge is 0.291 e. The second-order valence-corrected chi connectivity index (χ2v) is 10.9. The maximum Gasteiger partial charge on any atom is 0.291 e. The number of benzene rings is 3. The van der Waals surface area contributed by atoms with Crippen LogP contribution in [0, 0.1) is 0 Å². The molecule has 5 rings (SSSR count). The van der Waals surface area contributed by atoms with Crippen molar-refractivity contribution in [3.8, 4) is 10.6 Å². The molecule has 1 amide bonds. The summed E-state index contributed by atoms with van der Waals surface area (Å²) in [6, 6.07) is 24.0. The van der Waals surface area contributed by atoms with Crippen molar-refractivity contribution < 1.29 is 17.6 Å². The number of carbonyl (C=O) groups excluding carboxylic acids is 1. The molecule has 2 aromatic heterocycles. The number of carbonyl (C=O) groups is 1. The molecule has 0 aliphatic carbocycles. The Hall–Kier alpha value is -3.27. The minimum absolute atomic E-state index is 0.0810. The van der Waals surface area contributed by atoms with Gasteiger partial charge in [-0.15, -0.1) is 11.3 Å². The number of para-hydroxylation sites is 1. The van der Waals surface area contributed by atoms with Gasteiger partial charge in [-0.1, -0.05) is 28.1 Å². The lowest BCUT2D eigenvalue weighted by Gasteiger charge is -2.04. The van der Waals surface area contributed by atoms with Crippen LogP contribution in [0.1, 0.15) is 10.6 Å². The number of rotatable bonds is 5. The van der Waals surface area contributed by atoms with Gasteiger partial charge in [0.15, 0.2) is 5.76 Å². The normalized spacial score (nSPS) is 11.5. The van der Waals surface area contributed by atoms with Gasteiger partial charge in [-0.2, -0.15) is 0 Å². The van der Waals surface area contributed by atoms with Crippen LogP contribution in [0.2, 0.25) is 0 Å². The van der Waals surface area contributed by atoms with Crippen molar-refractivity contribution in [2.75, 3.05) is 5.32 Å². The van der Waals surface area contributed by atoms with E-state index in [4.69, 9.17) is 4.42 Å². The van der Waals surface area contributed by atoms with Gasteiger partial charge in [-0.3, -0.25) is 4.79 Å². The fourth-order valence-electron chi connectivity index (χ4n) is 3.20. The van der Waals surface area contributed by atoms with Crippen molar-refractivity contribution in [1.29, 1.82) is 0 Å². The van der Waals surface area contributed by atoms with Crippen LogP contribution in [0.25, 0.3) is 20.8 Å². The largest absolute Gasteiger partial charge is 0.439 e. The van der Waals surface area contributed by atoms with E-state index in [2.05, 4.69) is 26.2 Å². The minimum Gasteiger partial charge on any atom is -0.439 e. The van der Waals surface area contributed by atoms with E-state index in [1.54, 1.807) is 35.6 Å². The maximum atomic E-state index is 12.7. The van der Waals surface area contributed by atoms with Crippen molar-refractivity contribution in [3.63, 3.8) is 0 Å². The van der Waals surface area contributed by atoms with Crippen molar-refractivity contribution in [1.82, 2.24) is 4.98 Å². The van der Waals surface area contributed by atoms with Crippen LogP contribution >= 0.6 is 27.3 Å². The number of aromatic nitrogens is 1. The fraction of sp³-hybridized carbons (Fsp3) is 0. The third-order valence-electron chi connectivity index (χ3n) is 4.88. The van der Waals surface area contributed by atoms with Crippen molar-refractivity contribution in [2.24, 2.45) is 0 Å². The lowest BCUT2D eigenvalue weighted by molar-refractivity contribution is 0.0991. The van der Waals surface area contributed by atoms with Gasteiger partial charge in [0.05, 0.1) is 15.1 Å². The topological polar surface area (TPSA) is 89.3 Å². The molecule has 33 heavy (non-hydrogen) atoms. The zero-order valence-electron chi connectivity index (χ0n) is 16.9. The number of anilines is 1. The van der Waals surface area contributed by atoms with Gasteiger partial charge in [0.1, 0.15) is 5.01 Å². The number of fused-ring (bicyclic) bond motifs is 1. The molecular formula is C24H15BrN2O4S2. The fourth-order valence-corrected chi connectivity index (χ4v) is 5.61. The molecule has 5 aromatic rings. The standard InChI is InChI=1S/C24H15BrN2O4S2/c25-16-7-11-18(12-8-16)33(29,30)22-14-13-20(31-22)23(28)26-17-9-5-15(6-10-17)24-27-19-3-1-2-4-21(19)32-24/h1-14H,(H,26,28). The lowest BCUT2D eigenvalue weighted by Crippen LogP contribution is -2.10. The van der Waals surface area contributed by atoms with E-state index in [9.17, 15) is 13.2 Å². The number of halogens is 1. The van der Waals surface area contributed by atoms with E-state index in [0.717, 1.165) is 25.3 Å². The number of thiazole rings is 1. The van der Waals surface area contributed by atoms with E-state index in [0.29, 0.717) is 5.69 Å². The molecule has 6 nitrogen and oxygen atoms in total. The van der Waals surface area contributed by atoms with Gasteiger partial charge in [0.25, 0.3) is 5.91 Å². The highest BCUT2D eigenvalue weighted by molar-refractivity contribution is 9.10. The van der Waals surface area contributed by atoms with Crippen LogP contribution in [0.15, 0.2) is 104 Å². The Balaban J connectivity index is 1.32. The minimum atomic E-state index is -3.86. The first kappa shape index (κ1) is 21.6. The monoisotopic (exact) mass is 538 g/mol. The van der Waals surface area contributed by atoms with Gasteiger partial charge in [-0.05, 0) is 72.8 Å². The van der Waals surface area contributed by atoms with Gasteiger partial charge < -0.3 is 9.73 Å². The highest BCUT2D eigenvalue weighted by atomic mass is 79.9. The summed E-state index contributed by atoms with van der Waals surface area (Å²) in [5, 5.41) is 3.33. The summed E-state index contributed by atoms with van der Waals surface area (Å²) in [7, 11) is -3.86. The molecule has 2 heterocycles. The SMILES string of the molecule is O=C(Nc1ccc(-c2nc3ccccc3s2)cc1)c1ccc(S(=O)(=O)c2ccc(Br)cc2)o1. The molecular weight excluding hydrogens is 524 g/mol. The Kier molecular flexibility index (Phi) is 5.61. The van der Waals surface area contributed by atoms with E-state index in [1.807, 2.05) is 36.4 Å². The molecule has 0 radical (unpaired) electrons. The third-order valence-corrected chi connectivity index (χ3v) is 8.13. The van der Waals surface area contributed by atoms with Crippen LogP contribution in [0.5, 0.6) is 0 Å². The van der Waals surface area contributed by atoms with E-state index in [-0.39, 0.29) is 15.7 Å². The summed E-state index contributed by atoms with van der Waals surface area (Å²) in [6.07, 6.45) is 0. The highest BCUT2D eigenvalue weighted by Crippen LogP contribution is 2.31. The van der Waals surface area contributed by atoms with Crippen LogP contribution in [0.4, 0.5) is 5.69 Å². The Morgan fingerprint density at radius 3 is 2.36 bits per heavy atom. The van der Waals surface area contributed by atoms with Crippen molar-refractivity contribution in [2.45, 2.75) is 9.99 Å². The second-order valence-electron chi connectivity index (χ2n) is 7.09. The predicted octanol–water partition coefficient (Wildman–Crippen LogP) is 6.40. The average Bonchev–Trinajstić information content (AvgIpc) is 3.48. The van der Waals surface area contributed by atoms with Gasteiger partial charge in [-0.25, -0.2) is 13.4 Å². The van der Waals surface area contributed by atoms with Crippen LogP contribution in [-0.4, -0.2) is 19.3 Å². The molecule has 0 saturated carbocycles. The van der Waals surface area contributed by atoms with Gasteiger partial charge >= 0.3 is 0 Å². The molecule has 0 fully saturated rings. The number of nitrogens with one attached hydrogen (secondary N) is 1. The third kappa shape index (κ3) is 4.35. The number of furan rings is 1. The van der Waals surface area contributed by atoms with E-state index >= 15 is 0 Å². The molecule has 0 aliphatic rings. The molecule has 0 aliphatic heterocycles. The van der Waals surface area contributed by atoms with Gasteiger partial charge in [0, 0.05) is 15.7 Å². The number of nitrogens with zero attached hydrogens (tertiary/aromatic N) is 1. The number of sulfone groups is 1. The Morgan fingerprint density at radius 2 is 1.64 bits per heavy atom. The zero-order valence-corrected chi connectivity index (χ0v) is 20.1. The molecule has 1 N–H and O–H groups in total. The summed E-state index contributed by atoms with van der Waals surface area (Å²) in [4.78, 5) is 17.3. The van der Waals surface area contributed by atoms with E-state index in [1.165, 1.54) is 24.3 Å². The first-order valence-corrected chi connectivity index (χ1v) is 12.9. The van der Waals surface area contributed by atoms with Crippen LogP contribution in [-0.2, 0) is 9.84 Å². The number of amides is 1. The zero-order chi connectivity index (χ0) is 23.0. The van der Waals surface area contributed by atoms with Crippen LogP contribution < -0.4 is 5.32 Å². The van der Waals surface area contributed by atoms with E-state index < -0.39 is 15.7 Å².